The number of alkyl halides is 3. The number of likely N-dealkylation sites (N-methyl/N-ethyl adjacent to an activating group) is 1. The van der Waals surface area contributed by atoms with E-state index >= 15 is 0 Å². The molecule has 7 nitrogen and oxygen atoms in total. The Kier molecular flexibility index (Phi) is 5.02. The van der Waals surface area contributed by atoms with E-state index < -0.39 is 45.6 Å². The summed E-state index contributed by atoms with van der Waals surface area (Å²) in [6, 6.07) is 5.59. The molecule has 2 heterocycles. The lowest BCUT2D eigenvalue weighted by Gasteiger charge is -2.35. The van der Waals surface area contributed by atoms with E-state index in [1.165, 1.54) is 25.4 Å². The van der Waals surface area contributed by atoms with Crippen LogP contribution >= 0.6 is 0 Å². The molecule has 11 heteroatoms. The summed E-state index contributed by atoms with van der Waals surface area (Å²) in [5.74, 6) is -0.559. The third kappa shape index (κ3) is 3.99. The Hall–Kier alpha value is -2.37. The van der Waals surface area contributed by atoms with Crippen molar-refractivity contribution in [2.24, 2.45) is 0 Å². The average Bonchev–Trinajstić information content (AvgIpc) is 3.11. The lowest BCUT2D eigenvalue weighted by Crippen LogP contribution is -2.55. The maximum absolute atomic E-state index is 13.1. The summed E-state index contributed by atoms with van der Waals surface area (Å²) in [6.07, 6.45) is -3.31. The topological polar surface area (TPSA) is 91.7 Å². The first kappa shape index (κ1) is 19.4. The molecule has 1 aromatic heterocycles. The zero-order chi connectivity index (χ0) is 19.8. The van der Waals surface area contributed by atoms with Gasteiger partial charge in [-0.25, -0.2) is 0 Å². The summed E-state index contributed by atoms with van der Waals surface area (Å²) in [5, 5.41) is 2.20. The molecule has 1 saturated heterocycles. The van der Waals surface area contributed by atoms with E-state index in [-0.39, 0.29) is 6.42 Å². The van der Waals surface area contributed by atoms with Crippen LogP contribution in [0, 0.1) is 0 Å². The molecule has 1 fully saturated rings. The predicted molar refractivity (Wildman–Crippen MR) is 89.7 cm³/mol. The van der Waals surface area contributed by atoms with E-state index in [4.69, 9.17) is 4.42 Å². The highest BCUT2D eigenvalue weighted by molar-refractivity contribution is 7.87. The summed E-state index contributed by atoms with van der Waals surface area (Å²) < 4.78 is 72.3. The van der Waals surface area contributed by atoms with Gasteiger partial charge in [-0.1, -0.05) is 12.1 Å². The fourth-order valence-corrected chi connectivity index (χ4v) is 4.10. The standard InChI is InChI=1S/C16H16F3N3O4S/c1-22-13(9-12(21-27(22,24)25)14-7-4-8-26-14)15(23)20-11-6-3-2-5-10(11)16(17,18)19/h2-8,12-13,21H,9H2,1H3,(H,20,23)/t12-,13+/m1/s1. The highest BCUT2D eigenvalue weighted by atomic mass is 32.2. The maximum atomic E-state index is 13.1. The number of para-hydroxylation sites is 1. The number of halogens is 3. The van der Waals surface area contributed by atoms with Crippen LogP contribution in [0.3, 0.4) is 0 Å². The number of carbonyl (C=O) groups is 1. The van der Waals surface area contributed by atoms with Crippen molar-refractivity contribution >= 4 is 21.8 Å². The Morgan fingerprint density at radius 3 is 2.59 bits per heavy atom. The minimum Gasteiger partial charge on any atom is -0.468 e. The second-order valence-corrected chi connectivity index (χ2v) is 7.75. The van der Waals surface area contributed by atoms with Gasteiger partial charge in [0.2, 0.25) is 5.91 Å². The summed E-state index contributed by atoms with van der Waals surface area (Å²) >= 11 is 0. The van der Waals surface area contributed by atoms with Crippen LogP contribution in [-0.4, -0.2) is 31.7 Å². The number of amides is 1. The summed E-state index contributed by atoms with van der Waals surface area (Å²) in [6.45, 7) is 0. The highest BCUT2D eigenvalue weighted by Crippen LogP contribution is 2.35. The molecule has 0 unspecified atom stereocenters. The van der Waals surface area contributed by atoms with Crippen molar-refractivity contribution in [1.82, 2.24) is 9.03 Å². The summed E-state index contributed by atoms with van der Waals surface area (Å²) in [7, 11) is -2.84. The summed E-state index contributed by atoms with van der Waals surface area (Å²) in [5.41, 5.74) is -1.45. The molecule has 0 radical (unpaired) electrons. The van der Waals surface area contributed by atoms with Gasteiger partial charge in [-0.15, -0.1) is 0 Å². The number of benzene rings is 1. The monoisotopic (exact) mass is 403 g/mol. The van der Waals surface area contributed by atoms with Crippen molar-refractivity contribution in [3.8, 4) is 0 Å². The third-order valence-corrected chi connectivity index (χ3v) is 5.84. The Morgan fingerprint density at radius 2 is 1.96 bits per heavy atom. The van der Waals surface area contributed by atoms with Crippen molar-refractivity contribution in [2.45, 2.75) is 24.7 Å². The van der Waals surface area contributed by atoms with Crippen molar-refractivity contribution < 1.29 is 30.8 Å². The molecule has 0 spiro atoms. The molecule has 2 aromatic rings. The SMILES string of the molecule is CN1[C@H](C(=O)Nc2ccccc2C(F)(F)F)C[C@H](c2ccco2)NS1(=O)=O. The van der Waals surface area contributed by atoms with Crippen LogP contribution in [-0.2, 0) is 21.2 Å². The first-order valence-corrected chi connectivity index (χ1v) is 9.29. The van der Waals surface area contributed by atoms with Crippen LogP contribution < -0.4 is 10.0 Å². The molecular weight excluding hydrogens is 387 g/mol. The lowest BCUT2D eigenvalue weighted by molar-refractivity contribution is -0.137. The molecule has 1 aromatic carbocycles. The number of furan rings is 1. The molecule has 0 saturated carbocycles. The van der Waals surface area contributed by atoms with E-state index in [2.05, 4.69) is 10.0 Å². The Labute approximate surface area is 153 Å². The van der Waals surface area contributed by atoms with Crippen molar-refractivity contribution in [3.63, 3.8) is 0 Å². The van der Waals surface area contributed by atoms with E-state index in [0.29, 0.717) is 5.76 Å². The van der Waals surface area contributed by atoms with Gasteiger partial charge in [0, 0.05) is 7.05 Å². The van der Waals surface area contributed by atoms with Gasteiger partial charge in [-0.3, -0.25) is 4.79 Å². The molecule has 146 valence electrons. The van der Waals surface area contributed by atoms with Crippen molar-refractivity contribution in [3.05, 3.63) is 54.0 Å². The van der Waals surface area contributed by atoms with Gasteiger partial charge in [-0.05, 0) is 30.7 Å². The predicted octanol–water partition coefficient (Wildman–Crippen LogP) is 2.52. The van der Waals surface area contributed by atoms with Gasteiger partial charge in [0.15, 0.2) is 0 Å². The number of carbonyl (C=O) groups excluding carboxylic acids is 1. The van der Waals surface area contributed by atoms with E-state index in [0.717, 1.165) is 16.4 Å². The average molecular weight is 403 g/mol. The zero-order valence-electron chi connectivity index (χ0n) is 14.0. The van der Waals surface area contributed by atoms with Crippen LogP contribution in [0.2, 0.25) is 0 Å². The van der Waals surface area contributed by atoms with E-state index in [1.54, 1.807) is 12.1 Å². The van der Waals surface area contributed by atoms with Crippen molar-refractivity contribution in [1.29, 1.82) is 0 Å². The molecule has 1 aliphatic heterocycles. The van der Waals surface area contributed by atoms with Gasteiger partial charge < -0.3 is 9.73 Å². The molecule has 2 atom stereocenters. The van der Waals surface area contributed by atoms with Gasteiger partial charge in [0.25, 0.3) is 10.2 Å². The Morgan fingerprint density at radius 1 is 1.26 bits per heavy atom. The highest BCUT2D eigenvalue weighted by Gasteiger charge is 2.42. The normalized spacial score (nSPS) is 23.1. The molecule has 1 aliphatic rings. The quantitative estimate of drug-likeness (QED) is 0.824. The molecule has 0 aliphatic carbocycles. The number of nitrogens with one attached hydrogen (secondary N) is 2. The van der Waals surface area contributed by atoms with E-state index in [9.17, 15) is 26.4 Å². The second-order valence-electron chi connectivity index (χ2n) is 5.99. The smallest absolute Gasteiger partial charge is 0.418 e. The largest absolute Gasteiger partial charge is 0.468 e. The Balaban J connectivity index is 1.87. The van der Waals surface area contributed by atoms with Crippen molar-refractivity contribution in [2.75, 3.05) is 12.4 Å². The molecule has 0 bridgehead atoms. The zero-order valence-corrected chi connectivity index (χ0v) is 14.8. The molecule has 2 N–H and O–H groups in total. The number of rotatable bonds is 3. The number of hydrogen-bond donors (Lipinski definition) is 2. The van der Waals surface area contributed by atoms with Crippen LogP contribution in [0.1, 0.15) is 23.8 Å². The van der Waals surface area contributed by atoms with Gasteiger partial charge in [-0.2, -0.15) is 30.6 Å². The van der Waals surface area contributed by atoms with Crippen LogP contribution in [0.25, 0.3) is 0 Å². The molecule has 3 rings (SSSR count). The second kappa shape index (κ2) is 6.98. The van der Waals surface area contributed by atoms with Crippen LogP contribution in [0.4, 0.5) is 18.9 Å². The van der Waals surface area contributed by atoms with Gasteiger partial charge >= 0.3 is 6.18 Å². The molecule has 27 heavy (non-hydrogen) atoms. The first-order valence-electron chi connectivity index (χ1n) is 7.85. The third-order valence-electron chi connectivity index (χ3n) is 4.25. The fourth-order valence-electron chi connectivity index (χ4n) is 2.84. The Bertz CT molecular complexity index is 929. The first-order chi connectivity index (χ1) is 12.6. The summed E-state index contributed by atoms with van der Waals surface area (Å²) in [4.78, 5) is 12.6. The fraction of sp³-hybridized carbons (Fsp3) is 0.312. The van der Waals surface area contributed by atoms with Gasteiger partial charge in [0.1, 0.15) is 11.8 Å². The van der Waals surface area contributed by atoms with Crippen LogP contribution in [0.5, 0.6) is 0 Å². The number of nitrogens with zero attached hydrogens (tertiary/aromatic N) is 1. The van der Waals surface area contributed by atoms with Crippen LogP contribution in [0.15, 0.2) is 47.1 Å². The minimum absolute atomic E-state index is 0.0107. The van der Waals surface area contributed by atoms with E-state index in [1.807, 2.05) is 0 Å². The molecular formula is C16H16F3N3O4S. The number of anilines is 1. The van der Waals surface area contributed by atoms with Gasteiger partial charge in [0.05, 0.1) is 23.6 Å². The number of hydrogen-bond acceptors (Lipinski definition) is 4. The maximum Gasteiger partial charge on any atom is 0.418 e. The lowest BCUT2D eigenvalue weighted by atomic mass is 10.0. The minimum atomic E-state index is -4.66. The molecule has 1 amide bonds.